The molecule has 4 heavy (non-hydrogen) atoms. The van der Waals surface area contributed by atoms with Crippen LogP contribution in [0.25, 0.3) is 0 Å². The predicted molar refractivity (Wildman–Crippen MR) is 19.2 cm³/mol. The van der Waals surface area contributed by atoms with Crippen LogP contribution in [0.1, 0.15) is 0 Å². The Kier molecular flexibility index (Phi) is 82.0. The SMILES string of the molecule is [O]=[Zn].[SbH3].[SnH2]. The second kappa shape index (κ2) is 19.8. The van der Waals surface area contributed by atoms with Gasteiger partial charge in [-0.1, -0.05) is 0 Å². The molecule has 2 radical (unpaired) electrons. The molecule has 0 aliphatic heterocycles. The van der Waals surface area contributed by atoms with Gasteiger partial charge in [0, 0.05) is 0 Å². The van der Waals surface area contributed by atoms with E-state index in [0.717, 1.165) is 0 Å². The topological polar surface area (TPSA) is 17.1 Å². The van der Waals surface area contributed by atoms with Gasteiger partial charge in [-0.25, -0.2) is 0 Å². The normalized spacial score (nSPS) is 1.50. The third kappa shape index (κ3) is 8.97. The van der Waals surface area contributed by atoms with Crippen LogP contribution in [-0.4, -0.2) is 48.3 Å². The first-order valence-corrected chi connectivity index (χ1v) is 1.50. The Hall–Kier alpha value is 2.04. The second-order valence-corrected chi connectivity index (χ2v) is 0. The molecule has 0 spiro atoms. The molecular formula is H5OSbSnZn. The fourth-order valence-corrected chi connectivity index (χ4v) is 0. The standard InChI is InChI=1S/O.Sb.Sn.Zn.5H. The van der Waals surface area contributed by atoms with Crippen molar-refractivity contribution in [3.8, 4) is 0 Å². The molecule has 0 bridgehead atoms. The Morgan fingerprint density at radius 3 is 1.25 bits per heavy atom. The molecule has 0 rings (SSSR count). The molecule has 0 aromatic rings. The molecule has 0 fully saturated rings. The molecule has 0 aliphatic rings. The van der Waals surface area contributed by atoms with E-state index in [-0.39, 0.29) is 66.6 Å². The molecule has 0 heterocycles. The van der Waals surface area contributed by atoms with Crippen LogP contribution in [0.2, 0.25) is 0 Å². The first-order chi connectivity index (χ1) is 1.00. The summed E-state index contributed by atoms with van der Waals surface area (Å²) in [4.78, 5) is 0. The number of hydrogen-bond acceptors (Lipinski definition) is 1. The molecular weight excluding hydrogens is 322 g/mol. The van der Waals surface area contributed by atoms with Crippen LogP contribution in [0.15, 0.2) is 0 Å². The maximum absolute atomic E-state index is 8.38. The van der Waals surface area contributed by atoms with Gasteiger partial charge >= 0.3 is 70.2 Å². The van der Waals surface area contributed by atoms with Crippen LogP contribution in [-0.2, 0) is 21.8 Å². The van der Waals surface area contributed by atoms with Crippen molar-refractivity contribution in [1.82, 2.24) is 0 Å². The van der Waals surface area contributed by atoms with Gasteiger partial charge in [-0.3, -0.25) is 0 Å². The van der Waals surface area contributed by atoms with Crippen molar-refractivity contribution in [1.29, 1.82) is 0 Å². The third-order valence-electron chi connectivity index (χ3n) is 0. The Labute approximate surface area is 69.3 Å². The van der Waals surface area contributed by atoms with Gasteiger partial charge in [-0.2, -0.15) is 0 Å². The minimum absolute atomic E-state index is 0. The number of rotatable bonds is 0. The van der Waals surface area contributed by atoms with Gasteiger partial charge in [0.15, 0.2) is 0 Å². The molecule has 0 saturated heterocycles. The van der Waals surface area contributed by atoms with Gasteiger partial charge in [-0.05, 0) is 0 Å². The Morgan fingerprint density at radius 2 is 1.25 bits per heavy atom. The van der Waals surface area contributed by atoms with E-state index < -0.39 is 0 Å². The van der Waals surface area contributed by atoms with Crippen molar-refractivity contribution >= 4 is 48.3 Å². The van der Waals surface area contributed by atoms with E-state index in [1.54, 1.807) is 0 Å². The van der Waals surface area contributed by atoms with Crippen molar-refractivity contribution in [2.45, 2.75) is 0 Å². The summed E-state index contributed by atoms with van der Waals surface area (Å²) in [5.74, 6) is 0. The molecule has 0 aromatic heterocycles. The van der Waals surface area contributed by atoms with Crippen LogP contribution in [0.5, 0.6) is 0 Å². The van der Waals surface area contributed by atoms with Gasteiger partial charge in [0.1, 0.15) is 0 Å². The van der Waals surface area contributed by atoms with E-state index in [1.807, 2.05) is 0 Å². The third-order valence-corrected chi connectivity index (χ3v) is 0. The Bertz CT molecular complexity index is 8.00. The average Bonchev–Trinajstić information content (AvgIpc) is 1.00. The quantitative estimate of drug-likeness (QED) is 0.461. The van der Waals surface area contributed by atoms with Gasteiger partial charge < -0.3 is 0 Å². The molecule has 0 aromatic carbocycles. The molecule has 0 N–H and O–H groups in total. The van der Waals surface area contributed by atoms with Crippen molar-refractivity contribution in [3.05, 3.63) is 0 Å². The fraction of sp³-hybridized carbons (Fsp3) is 0. The average molecular weight is 327 g/mol. The Balaban J connectivity index is -0.00000000500. The van der Waals surface area contributed by atoms with Crippen LogP contribution in [0.4, 0.5) is 0 Å². The monoisotopic (exact) mass is 326 g/mol. The van der Waals surface area contributed by atoms with Gasteiger partial charge in [0.05, 0.1) is 0 Å². The molecule has 4 heteroatoms. The van der Waals surface area contributed by atoms with Crippen molar-refractivity contribution in [2.75, 3.05) is 0 Å². The van der Waals surface area contributed by atoms with Crippen molar-refractivity contribution in [3.63, 3.8) is 0 Å². The van der Waals surface area contributed by atoms with E-state index in [0.29, 0.717) is 0 Å². The van der Waals surface area contributed by atoms with Crippen LogP contribution in [0.3, 0.4) is 0 Å². The summed E-state index contributed by atoms with van der Waals surface area (Å²) < 4.78 is 8.38. The zero-order valence-electron chi connectivity index (χ0n) is 2.53. The minimum atomic E-state index is 0. The zero-order valence-corrected chi connectivity index (χ0v) is 13.6. The second-order valence-electron chi connectivity index (χ2n) is 0. The van der Waals surface area contributed by atoms with Gasteiger partial charge in [0.25, 0.3) is 0 Å². The first-order valence-electron chi connectivity index (χ1n) is 0.289. The molecule has 0 unspecified atom stereocenters. The van der Waals surface area contributed by atoms with E-state index in [2.05, 4.69) is 0 Å². The summed E-state index contributed by atoms with van der Waals surface area (Å²) in [7, 11) is 0. The molecule has 1 nitrogen and oxygen atoms in total. The fourth-order valence-electron chi connectivity index (χ4n) is 0. The first kappa shape index (κ1) is 16.6. The predicted octanol–water partition coefficient (Wildman–Crippen LogP) is -2.22. The zero-order chi connectivity index (χ0) is 2.00. The summed E-state index contributed by atoms with van der Waals surface area (Å²) in [6.45, 7) is 0. The summed E-state index contributed by atoms with van der Waals surface area (Å²) in [5, 5.41) is 0. The van der Waals surface area contributed by atoms with Crippen molar-refractivity contribution in [2.24, 2.45) is 0 Å². The van der Waals surface area contributed by atoms with Crippen LogP contribution < -0.4 is 0 Å². The van der Waals surface area contributed by atoms with Crippen molar-refractivity contribution < 1.29 is 21.8 Å². The summed E-state index contributed by atoms with van der Waals surface area (Å²) in [6.07, 6.45) is 0. The molecule has 22 valence electrons. The summed E-state index contributed by atoms with van der Waals surface area (Å²) in [5.41, 5.74) is 0. The summed E-state index contributed by atoms with van der Waals surface area (Å²) >= 11 is 0.125. The molecule has 0 aliphatic carbocycles. The van der Waals surface area contributed by atoms with Crippen LogP contribution >= 0.6 is 0 Å². The molecule has 0 amide bonds. The Morgan fingerprint density at radius 1 is 1.25 bits per heavy atom. The van der Waals surface area contributed by atoms with E-state index in [1.165, 1.54) is 0 Å². The van der Waals surface area contributed by atoms with Gasteiger partial charge in [-0.15, -0.1) is 0 Å². The van der Waals surface area contributed by atoms with E-state index in [4.69, 9.17) is 3.57 Å². The van der Waals surface area contributed by atoms with E-state index >= 15 is 0 Å². The van der Waals surface area contributed by atoms with Crippen LogP contribution in [0, 0.1) is 0 Å². The maximum atomic E-state index is 8.38. The van der Waals surface area contributed by atoms with Gasteiger partial charge in [0.2, 0.25) is 0 Å². The van der Waals surface area contributed by atoms with E-state index in [9.17, 15) is 0 Å². The molecule has 0 atom stereocenters. The summed E-state index contributed by atoms with van der Waals surface area (Å²) in [6, 6.07) is 0. The molecule has 0 saturated carbocycles. The number of hydrogen-bond donors (Lipinski definition) is 0.